The average molecular weight is 835 g/mol. The Kier molecular flexibility index (Phi) is 7.46. The van der Waals surface area contributed by atoms with Crippen molar-refractivity contribution in [2.24, 2.45) is 0 Å². The van der Waals surface area contributed by atoms with Crippen LogP contribution in [0.1, 0.15) is 0 Å². The van der Waals surface area contributed by atoms with Crippen LogP contribution in [0.25, 0.3) is 126 Å². The normalized spacial score (nSPS) is 12.1. The Morgan fingerprint density at radius 2 is 0.781 bits per heavy atom. The minimum Gasteiger partial charge on any atom is -0.307 e. The quantitative estimate of drug-likeness (QED) is 0.174. The molecule has 7 heteroatoms. The lowest BCUT2D eigenvalue weighted by Gasteiger charge is -2.14. The summed E-state index contributed by atoms with van der Waals surface area (Å²) in [6, 6.07) is 73.7. The van der Waals surface area contributed by atoms with Gasteiger partial charge in [0.2, 0.25) is 11.9 Å². The van der Waals surface area contributed by atoms with Crippen molar-refractivity contribution in [3.8, 4) is 40.1 Å². The fourth-order valence-corrected chi connectivity index (χ4v) is 11.3. The van der Waals surface area contributed by atoms with Gasteiger partial charge in [0.15, 0.2) is 5.82 Å². The molecule has 0 spiro atoms. The summed E-state index contributed by atoms with van der Waals surface area (Å²) in [6.45, 7) is 0. The van der Waals surface area contributed by atoms with Gasteiger partial charge in [0.1, 0.15) is 0 Å². The highest BCUT2D eigenvalue weighted by atomic mass is 32.1. The maximum atomic E-state index is 5.56. The van der Waals surface area contributed by atoms with E-state index in [4.69, 9.17) is 15.0 Å². The van der Waals surface area contributed by atoms with Crippen LogP contribution in [0.3, 0.4) is 0 Å². The van der Waals surface area contributed by atoms with E-state index in [9.17, 15) is 0 Å². The van der Waals surface area contributed by atoms with Gasteiger partial charge in [-0.05, 0) is 59.7 Å². The molecule has 14 aromatic rings. The van der Waals surface area contributed by atoms with Crippen molar-refractivity contribution in [2.45, 2.75) is 0 Å². The topological polar surface area (TPSA) is 53.5 Å². The smallest absolute Gasteiger partial charge is 0.240 e. The van der Waals surface area contributed by atoms with E-state index >= 15 is 0 Å². The summed E-state index contributed by atoms with van der Waals surface area (Å²) >= 11 is 1.80. The lowest BCUT2D eigenvalue weighted by atomic mass is 10.1. The first-order valence-corrected chi connectivity index (χ1v) is 22.3. The minimum absolute atomic E-state index is 0.548. The maximum Gasteiger partial charge on any atom is 0.240 e. The van der Waals surface area contributed by atoms with Gasteiger partial charge in [-0.1, -0.05) is 158 Å². The molecule has 0 saturated carbocycles. The molecule has 6 nitrogen and oxygen atoms in total. The van der Waals surface area contributed by atoms with Gasteiger partial charge in [-0.3, -0.25) is 9.13 Å². The van der Waals surface area contributed by atoms with Crippen LogP contribution in [0, 0.1) is 0 Å². The predicted octanol–water partition coefficient (Wildman–Crippen LogP) is 14.9. The van der Waals surface area contributed by atoms with Gasteiger partial charge < -0.3 is 4.57 Å². The van der Waals surface area contributed by atoms with Gasteiger partial charge in [-0.25, -0.2) is 0 Å². The van der Waals surface area contributed by atoms with E-state index in [2.05, 4.69) is 220 Å². The van der Waals surface area contributed by atoms with Gasteiger partial charge in [-0.2, -0.15) is 15.0 Å². The van der Waals surface area contributed by atoms with Crippen molar-refractivity contribution in [2.75, 3.05) is 0 Å². The van der Waals surface area contributed by atoms with Crippen molar-refractivity contribution in [1.82, 2.24) is 28.7 Å². The molecule has 0 atom stereocenters. The SMILES string of the molecule is c1ccc(-c2cccc(-n3c4ccccc4c4ccc5c6ccccc6n(-c6nc(-c7ccc8c(c7)sc7ccccc78)nc(-n7c8ccccc8c8ccccc87)n6)c5c43)c2)cc1. The van der Waals surface area contributed by atoms with Crippen LogP contribution in [-0.4, -0.2) is 28.7 Å². The van der Waals surface area contributed by atoms with Gasteiger partial charge in [-0.15, -0.1) is 11.3 Å². The third-order valence-corrected chi connectivity index (χ3v) is 14.0. The van der Waals surface area contributed by atoms with Crippen LogP contribution in [0.2, 0.25) is 0 Å². The Morgan fingerprint density at radius 3 is 1.45 bits per heavy atom. The van der Waals surface area contributed by atoms with Crippen molar-refractivity contribution < 1.29 is 0 Å². The average Bonchev–Trinajstić information content (AvgIpc) is 4.10. The number of thiophene rings is 1. The Morgan fingerprint density at radius 1 is 0.297 bits per heavy atom. The van der Waals surface area contributed by atoms with Gasteiger partial charge in [0.25, 0.3) is 0 Å². The van der Waals surface area contributed by atoms with E-state index in [0.717, 1.165) is 76.8 Å². The van der Waals surface area contributed by atoms with E-state index in [1.165, 1.54) is 31.1 Å². The number of para-hydroxylation sites is 4. The minimum atomic E-state index is 0.548. The van der Waals surface area contributed by atoms with Crippen molar-refractivity contribution in [1.29, 1.82) is 0 Å². The Bertz CT molecular complexity index is 4160. The fraction of sp³-hybridized carbons (Fsp3) is 0. The number of hydrogen-bond donors (Lipinski definition) is 0. The first kappa shape index (κ1) is 35.2. The standard InChI is InChI=1S/C57H34N6S/c1-2-15-35(16-3-1)36-17-14-18-38(33-36)61-47-24-9-6-21-41(47)45-31-32-46-42-22-7-12-27-50(42)63(54(46)53(45)61)57-59-55(37-29-30-44-43-23-8-13-28-51(43)64-52(44)34-37)58-56(60-57)62-48-25-10-4-19-39(48)40-20-5-11-26-49(40)62/h1-34H. The molecule has 5 heterocycles. The lowest BCUT2D eigenvalue weighted by Crippen LogP contribution is -2.10. The van der Waals surface area contributed by atoms with Crippen LogP contribution in [0.15, 0.2) is 206 Å². The summed E-state index contributed by atoms with van der Waals surface area (Å²) in [4.78, 5) is 16.5. The summed E-state index contributed by atoms with van der Waals surface area (Å²) in [6.07, 6.45) is 0. The first-order chi connectivity index (χ1) is 31.7. The molecule has 0 saturated heterocycles. The van der Waals surface area contributed by atoms with E-state index in [1.807, 2.05) is 0 Å². The highest BCUT2D eigenvalue weighted by Crippen LogP contribution is 2.43. The summed E-state index contributed by atoms with van der Waals surface area (Å²) < 4.78 is 9.37. The molecule has 298 valence electrons. The lowest BCUT2D eigenvalue weighted by molar-refractivity contribution is 0.893. The molecule has 64 heavy (non-hydrogen) atoms. The number of fused-ring (bicyclic) bond motifs is 13. The second kappa shape index (κ2) is 13.6. The van der Waals surface area contributed by atoms with Crippen LogP contribution < -0.4 is 0 Å². The van der Waals surface area contributed by atoms with Gasteiger partial charge in [0.05, 0.1) is 33.1 Å². The number of nitrogens with zero attached hydrogens (tertiary/aromatic N) is 6. The predicted molar refractivity (Wildman–Crippen MR) is 267 cm³/mol. The van der Waals surface area contributed by atoms with E-state index in [-0.39, 0.29) is 0 Å². The second-order valence-electron chi connectivity index (χ2n) is 16.4. The highest BCUT2D eigenvalue weighted by Gasteiger charge is 2.25. The molecular formula is C57H34N6S. The summed E-state index contributed by atoms with van der Waals surface area (Å²) in [5, 5.41) is 9.37. The Balaban J connectivity index is 1.12. The van der Waals surface area contributed by atoms with E-state index in [1.54, 1.807) is 11.3 Å². The summed E-state index contributed by atoms with van der Waals surface area (Å²) in [5.41, 5.74) is 10.7. The van der Waals surface area contributed by atoms with Crippen molar-refractivity contribution >= 4 is 96.9 Å². The molecule has 0 unspecified atom stereocenters. The molecule has 0 N–H and O–H groups in total. The fourth-order valence-electron chi connectivity index (χ4n) is 10.1. The van der Waals surface area contributed by atoms with E-state index < -0.39 is 0 Å². The third kappa shape index (κ3) is 5.10. The van der Waals surface area contributed by atoms with Crippen LogP contribution >= 0.6 is 11.3 Å². The van der Waals surface area contributed by atoms with Crippen LogP contribution in [0.5, 0.6) is 0 Å². The number of hydrogen-bond acceptors (Lipinski definition) is 4. The van der Waals surface area contributed by atoms with Crippen LogP contribution in [-0.2, 0) is 0 Å². The molecule has 0 aliphatic rings. The molecule has 0 amide bonds. The Hall–Kier alpha value is -8.39. The summed E-state index contributed by atoms with van der Waals surface area (Å²) in [5.74, 6) is 1.71. The van der Waals surface area contributed by atoms with Crippen molar-refractivity contribution in [3.63, 3.8) is 0 Å². The van der Waals surface area contributed by atoms with Crippen LogP contribution in [0.4, 0.5) is 0 Å². The first-order valence-electron chi connectivity index (χ1n) is 21.5. The van der Waals surface area contributed by atoms with Crippen molar-refractivity contribution in [3.05, 3.63) is 206 Å². The second-order valence-corrected chi connectivity index (χ2v) is 17.5. The number of aromatic nitrogens is 6. The zero-order valence-electron chi connectivity index (χ0n) is 34.2. The Labute approximate surface area is 370 Å². The maximum absolute atomic E-state index is 5.56. The largest absolute Gasteiger partial charge is 0.307 e. The molecule has 0 bridgehead atoms. The molecule has 0 aliphatic carbocycles. The molecule has 0 aliphatic heterocycles. The highest BCUT2D eigenvalue weighted by molar-refractivity contribution is 7.25. The van der Waals surface area contributed by atoms with Gasteiger partial charge >= 0.3 is 0 Å². The zero-order valence-corrected chi connectivity index (χ0v) is 35.0. The zero-order chi connectivity index (χ0) is 41.9. The number of rotatable bonds is 5. The third-order valence-electron chi connectivity index (χ3n) is 12.9. The molecule has 0 radical (unpaired) electrons. The molecule has 9 aromatic carbocycles. The molecule has 0 fully saturated rings. The van der Waals surface area contributed by atoms with Gasteiger partial charge in [0, 0.05) is 63.7 Å². The summed E-state index contributed by atoms with van der Waals surface area (Å²) in [7, 11) is 0. The molecular weight excluding hydrogens is 801 g/mol. The molecule has 14 rings (SSSR count). The number of benzene rings is 9. The van der Waals surface area contributed by atoms with E-state index in [0.29, 0.717) is 17.7 Å². The molecule has 5 aromatic heterocycles. The monoisotopic (exact) mass is 834 g/mol.